The summed E-state index contributed by atoms with van der Waals surface area (Å²) in [6, 6.07) is 9.30. The van der Waals surface area contributed by atoms with Crippen molar-refractivity contribution in [1.82, 2.24) is 5.32 Å². The molecule has 0 saturated carbocycles. The summed E-state index contributed by atoms with van der Waals surface area (Å²) in [5.74, 6) is -1.13. The Kier molecular flexibility index (Phi) is 9.82. The third-order valence-corrected chi connectivity index (χ3v) is 6.03. The summed E-state index contributed by atoms with van der Waals surface area (Å²) in [4.78, 5) is 25.6. The van der Waals surface area contributed by atoms with Crippen molar-refractivity contribution in [2.24, 2.45) is 0 Å². The molecule has 5 nitrogen and oxygen atoms in total. The predicted molar refractivity (Wildman–Crippen MR) is 129 cm³/mol. The lowest BCUT2D eigenvalue weighted by Gasteiger charge is -2.30. The largest absolute Gasteiger partial charge is 0.464 e. The van der Waals surface area contributed by atoms with Gasteiger partial charge in [-0.25, -0.2) is 14.0 Å². The van der Waals surface area contributed by atoms with Crippen LogP contribution in [0.5, 0.6) is 0 Å². The number of aryl methyl sites for hydroxylation is 1. The molecule has 1 atom stereocenters. The standard InChI is InChI=1S/C26H31F4NO4S/c1-6-34-22(32)25(5,31-23(33)35-24(2,3)4)14-8-9-17-12-13-20(16-21(17)27)36-19-11-7-10-18(15-19)26(28,29)30/h7,10-13,15-16H,6,8-9,14H2,1-5H3,(H,31,33). The first-order valence-electron chi connectivity index (χ1n) is 11.4. The number of alkyl carbamates (subject to hydrolysis) is 1. The Labute approximate surface area is 212 Å². The summed E-state index contributed by atoms with van der Waals surface area (Å²) < 4.78 is 63.9. The van der Waals surface area contributed by atoms with Gasteiger partial charge in [-0.1, -0.05) is 23.9 Å². The maximum absolute atomic E-state index is 14.7. The minimum Gasteiger partial charge on any atom is -0.464 e. The highest BCUT2D eigenvalue weighted by Crippen LogP contribution is 2.35. The van der Waals surface area contributed by atoms with E-state index in [2.05, 4.69) is 5.32 Å². The molecule has 0 heterocycles. The molecule has 0 spiro atoms. The molecule has 0 fully saturated rings. The van der Waals surface area contributed by atoms with Gasteiger partial charge in [-0.2, -0.15) is 13.2 Å². The Hall–Kier alpha value is -2.75. The second-order valence-electron chi connectivity index (χ2n) is 9.41. The van der Waals surface area contributed by atoms with Crippen LogP contribution in [0.3, 0.4) is 0 Å². The van der Waals surface area contributed by atoms with Gasteiger partial charge in [-0.3, -0.25) is 0 Å². The molecule has 0 bridgehead atoms. The van der Waals surface area contributed by atoms with E-state index in [9.17, 15) is 27.2 Å². The van der Waals surface area contributed by atoms with Gasteiger partial charge in [0.25, 0.3) is 0 Å². The minimum absolute atomic E-state index is 0.129. The molecule has 1 unspecified atom stereocenters. The van der Waals surface area contributed by atoms with E-state index in [0.29, 0.717) is 21.8 Å². The van der Waals surface area contributed by atoms with Crippen molar-refractivity contribution in [3.63, 3.8) is 0 Å². The first-order valence-corrected chi connectivity index (χ1v) is 12.3. The molecule has 198 valence electrons. The molecule has 0 radical (unpaired) electrons. The molecule has 1 amide bonds. The second-order valence-corrected chi connectivity index (χ2v) is 10.6. The number of amides is 1. The zero-order valence-corrected chi connectivity index (χ0v) is 21.7. The lowest BCUT2D eigenvalue weighted by molar-refractivity contribution is -0.150. The highest BCUT2D eigenvalue weighted by Gasteiger charge is 2.37. The first-order chi connectivity index (χ1) is 16.6. The van der Waals surface area contributed by atoms with Gasteiger partial charge in [-0.15, -0.1) is 0 Å². The number of benzene rings is 2. The average Bonchev–Trinajstić information content (AvgIpc) is 2.73. The van der Waals surface area contributed by atoms with Crippen LogP contribution in [0.2, 0.25) is 0 Å². The normalized spacial score (nSPS) is 13.6. The van der Waals surface area contributed by atoms with Gasteiger partial charge in [0.1, 0.15) is 17.0 Å². The molecule has 0 aliphatic rings. The molecule has 0 saturated heterocycles. The molecule has 2 aromatic rings. The molecule has 2 aromatic carbocycles. The number of esters is 1. The molecule has 0 aromatic heterocycles. The molecule has 10 heteroatoms. The van der Waals surface area contributed by atoms with Gasteiger partial charge >= 0.3 is 18.2 Å². The maximum atomic E-state index is 14.7. The van der Waals surface area contributed by atoms with Gasteiger partial charge in [0, 0.05) is 9.79 Å². The van der Waals surface area contributed by atoms with Gasteiger partial charge in [0.05, 0.1) is 12.2 Å². The third kappa shape index (κ3) is 9.04. The molecule has 0 aliphatic heterocycles. The van der Waals surface area contributed by atoms with Crippen LogP contribution in [-0.2, 0) is 26.9 Å². The van der Waals surface area contributed by atoms with Crippen molar-refractivity contribution in [2.45, 2.75) is 81.0 Å². The number of hydrogen-bond donors (Lipinski definition) is 1. The number of alkyl halides is 3. The average molecular weight is 530 g/mol. The van der Waals surface area contributed by atoms with Crippen molar-refractivity contribution in [2.75, 3.05) is 6.61 Å². The van der Waals surface area contributed by atoms with Gasteiger partial charge in [-0.05, 0) is 89.8 Å². The molecular formula is C26H31F4NO4S. The van der Waals surface area contributed by atoms with Gasteiger partial charge in [0.15, 0.2) is 0 Å². The lowest BCUT2D eigenvalue weighted by Crippen LogP contribution is -2.54. The van der Waals surface area contributed by atoms with Crippen molar-refractivity contribution < 1.29 is 36.6 Å². The van der Waals surface area contributed by atoms with Crippen LogP contribution in [0, 0.1) is 5.82 Å². The van der Waals surface area contributed by atoms with Crippen LogP contribution in [0.15, 0.2) is 52.3 Å². The Morgan fingerprint density at radius 3 is 2.25 bits per heavy atom. The van der Waals surface area contributed by atoms with Crippen LogP contribution < -0.4 is 5.32 Å². The smallest absolute Gasteiger partial charge is 0.416 e. The van der Waals surface area contributed by atoms with Gasteiger partial charge < -0.3 is 14.8 Å². The van der Waals surface area contributed by atoms with E-state index in [-0.39, 0.29) is 19.4 Å². The van der Waals surface area contributed by atoms with E-state index in [1.807, 2.05) is 0 Å². The van der Waals surface area contributed by atoms with Gasteiger partial charge in [0.2, 0.25) is 0 Å². The van der Waals surface area contributed by atoms with Crippen LogP contribution in [0.4, 0.5) is 22.4 Å². The second kappa shape index (κ2) is 12.0. The fraction of sp³-hybridized carbons (Fsp3) is 0.462. The fourth-order valence-electron chi connectivity index (χ4n) is 3.33. The molecule has 1 N–H and O–H groups in total. The van der Waals surface area contributed by atoms with Crippen molar-refractivity contribution in [3.05, 3.63) is 59.4 Å². The summed E-state index contributed by atoms with van der Waals surface area (Å²) in [5, 5.41) is 2.57. The van der Waals surface area contributed by atoms with E-state index in [0.717, 1.165) is 23.9 Å². The third-order valence-electron chi connectivity index (χ3n) is 5.05. The predicted octanol–water partition coefficient (Wildman–Crippen LogP) is 7.16. The quantitative estimate of drug-likeness (QED) is 0.276. The van der Waals surface area contributed by atoms with Crippen LogP contribution in [0.1, 0.15) is 58.6 Å². The van der Waals surface area contributed by atoms with E-state index < -0.39 is 40.8 Å². The summed E-state index contributed by atoms with van der Waals surface area (Å²) in [6.45, 7) is 8.41. The highest BCUT2D eigenvalue weighted by molar-refractivity contribution is 7.99. The molecule has 0 aliphatic carbocycles. The zero-order valence-electron chi connectivity index (χ0n) is 20.9. The topological polar surface area (TPSA) is 64.6 Å². The summed E-state index contributed by atoms with van der Waals surface area (Å²) >= 11 is 1.03. The number of ether oxygens (including phenoxy) is 2. The molecule has 2 rings (SSSR count). The van der Waals surface area contributed by atoms with Crippen molar-refractivity contribution in [3.8, 4) is 0 Å². The molecular weight excluding hydrogens is 498 g/mol. The van der Waals surface area contributed by atoms with E-state index >= 15 is 0 Å². The van der Waals surface area contributed by atoms with Crippen molar-refractivity contribution in [1.29, 1.82) is 0 Å². The zero-order chi connectivity index (χ0) is 27.1. The number of halogens is 4. The Bertz CT molecular complexity index is 1070. The maximum Gasteiger partial charge on any atom is 0.416 e. The van der Waals surface area contributed by atoms with Crippen LogP contribution in [-0.4, -0.2) is 29.8 Å². The molecule has 36 heavy (non-hydrogen) atoms. The summed E-state index contributed by atoms with van der Waals surface area (Å²) in [5.41, 5.74) is -2.51. The Morgan fingerprint density at radius 2 is 1.67 bits per heavy atom. The highest BCUT2D eigenvalue weighted by atomic mass is 32.2. The minimum atomic E-state index is -4.46. The number of carbonyl (C=O) groups is 2. The van der Waals surface area contributed by atoms with E-state index in [1.54, 1.807) is 39.8 Å². The van der Waals surface area contributed by atoms with Crippen LogP contribution in [0.25, 0.3) is 0 Å². The first kappa shape index (κ1) is 29.5. The number of carbonyl (C=O) groups excluding carboxylic acids is 2. The lowest BCUT2D eigenvalue weighted by atomic mass is 9.93. The number of rotatable bonds is 9. The summed E-state index contributed by atoms with van der Waals surface area (Å²) in [7, 11) is 0. The van der Waals surface area contributed by atoms with Crippen LogP contribution >= 0.6 is 11.8 Å². The Morgan fingerprint density at radius 1 is 1.00 bits per heavy atom. The number of hydrogen-bond acceptors (Lipinski definition) is 5. The monoisotopic (exact) mass is 529 g/mol. The van der Waals surface area contributed by atoms with E-state index in [4.69, 9.17) is 9.47 Å². The SMILES string of the molecule is CCOC(=O)C(C)(CCCc1ccc(Sc2cccc(C(F)(F)F)c2)cc1F)NC(=O)OC(C)(C)C. The van der Waals surface area contributed by atoms with E-state index in [1.165, 1.54) is 25.1 Å². The Balaban J connectivity index is 2.06. The number of nitrogens with one attached hydrogen (secondary N) is 1. The fourth-order valence-corrected chi connectivity index (χ4v) is 4.24. The summed E-state index contributed by atoms with van der Waals surface area (Å²) in [6.07, 6.45) is -4.43. The van der Waals surface area contributed by atoms with Crippen molar-refractivity contribution >= 4 is 23.8 Å².